The molecule has 0 amide bonds. The van der Waals surface area contributed by atoms with Gasteiger partial charge in [0, 0.05) is 29.3 Å². The van der Waals surface area contributed by atoms with Gasteiger partial charge in [-0.15, -0.1) is 0 Å². The van der Waals surface area contributed by atoms with Crippen molar-refractivity contribution >= 4 is 0 Å². The average Bonchev–Trinajstić information content (AvgIpc) is 3.11. The Kier molecular flexibility index (Phi) is 6.88. The van der Waals surface area contributed by atoms with Crippen molar-refractivity contribution in [2.75, 3.05) is 0 Å². The molecule has 0 saturated carbocycles. The third-order valence-electron chi connectivity index (χ3n) is 6.33. The molecule has 180 valence electrons. The second-order valence-electron chi connectivity index (χ2n) is 9.97. The lowest BCUT2D eigenvalue weighted by Crippen LogP contribution is -2.24. The standard InChI is InChI=1S/C30H37NO3/c1-8-21-12-10-13-22(9-2)28(21)25-16-27(33-19(3)4)24(20(5)31-25)18-32-26-15-11-14-23-17-30(6,7)34-29(23)26/h10-16,19H,8-9,17-18H2,1-7H3. The van der Waals surface area contributed by atoms with Crippen molar-refractivity contribution in [1.29, 1.82) is 0 Å². The van der Waals surface area contributed by atoms with E-state index in [4.69, 9.17) is 19.2 Å². The van der Waals surface area contributed by atoms with E-state index in [2.05, 4.69) is 71.9 Å². The van der Waals surface area contributed by atoms with Crippen molar-refractivity contribution in [3.63, 3.8) is 0 Å². The third kappa shape index (κ3) is 4.91. The summed E-state index contributed by atoms with van der Waals surface area (Å²) in [5.74, 6) is 2.46. The minimum Gasteiger partial charge on any atom is -0.490 e. The number of nitrogens with zero attached hydrogens (tertiary/aromatic N) is 1. The van der Waals surface area contributed by atoms with Gasteiger partial charge in [0.05, 0.1) is 17.4 Å². The summed E-state index contributed by atoms with van der Waals surface area (Å²) >= 11 is 0. The first kappa shape index (κ1) is 24.1. The molecule has 4 heteroatoms. The molecule has 0 fully saturated rings. The van der Waals surface area contributed by atoms with E-state index < -0.39 is 0 Å². The van der Waals surface area contributed by atoms with Crippen LogP contribution >= 0.6 is 0 Å². The maximum atomic E-state index is 6.32. The first-order valence-corrected chi connectivity index (χ1v) is 12.4. The Labute approximate surface area is 204 Å². The van der Waals surface area contributed by atoms with Gasteiger partial charge in [-0.3, -0.25) is 4.98 Å². The smallest absolute Gasteiger partial charge is 0.165 e. The van der Waals surface area contributed by atoms with Crippen LogP contribution in [0.15, 0.2) is 42.5 Å². The van der Waals surface area contributed by atoms with Gasteiger partial charge in [0.15, 0.2) is 11.5 Å². The molecular weight excluding hydrogens is 422 g/mol. The fraction of sp³-hybridized carbons (Fsp3) is 0.433. The Balaban J connectivity index is 1.71. The molecule has 1 aromatic heterocycles. The van der Waals surface area contributed by atoms with Gasteiger partial charge in [0.2, 0.25) is 0 Å². The predicted molar refractivity (Wildman–Crippen MR) is 138 cm³/mol. The van der Waals surface area contributed by atoms with Gasteiger partial charge in [0.25, 0.3) is 0 Å². The Morgan fingerprint density at radius 1 is 1.00 bits per heavy atom. The van der Waals surface area contributed by atoms with Crippen LogP contribution in [0.5, 0.6) is 17.2 Å². The SMILES string of the molecule is CCc1cccc(CC)c1-c1cc(OC(C)C)c(COc2cccc3c2OC(C)(C)C3)c(C)n1. The van der Waals surface area contributed by atoms with E-state index >= 15 is 0 Å². The van der Waals surface area contributed by atoms with E-state index in [0.29, 0.717) is 6.61 Å². The zero-order chi connectivity index (χ0) is 24.5. The van der Waals surface area contributed by atoms with Gasteiger partial charge in [-0.05, 0) is 64.7 Å². The minimum absolute atomic E-state index is 0.0468. The lowest BCUT2D eigenvalue weighted by Gasteiger charge is -2.21. The molecule has 0 radical (unpaired) electrons. The van der Waals surface area contributed by atoms with Crippen molar-refractivity contribution in [3.05, 3.63) is 70.4 Å². The molecule has 2 heterocycles. The summed E-state index contributed by atoms with van der Waals surface area (Å²) in [6, 6.07) is 14.8. The highest BCUT2D eigenvalue weighted by Gasteiger charge is 2.32. The van der Waals surface area contributed by atoms with Crippen LogP contribution in [0.2, 0.25) is 0 Å². The van der Waals surface area contributed by atoms with Gasteiger partial charge >= 0.3 is 0 Å². The molecule has 0 N–H and O–H groups in total. The van der Waals surface area contributed by atoms with Crippen LogP contribution in [0.3, 0.4) is 0 Å². The lowest BCUT2D eigenvalue weighted by molar-refractivity contribution is 0.131. The van der Waals surface area contributed by atoms with Crippen molar-refractivity contribution in [2.24, 2.45) is 0 Å². The van der Waals surface area contributed by atoms with E-state index in [1.54, 1.807) is 0 Å². The number of fused-ring (bicyclic) bond motifs is 1. The summed E-state index contributed by atoms with van der Waals surface area (Å²) < 4.78 is 18.8. The van der Waals surface area contributed by atoms with E-state index in [9.17, 15) is 0 Å². The molecule has 0 bridgehead atoms. The Bertz CT molecular complexity index is 1160. The summed E-state index contributed by atoms with van der Waals surface area (Å²) in [5, 5.41) is 0. The number of rotatable bonds is 8. The Hall–Kier alpha value is -3.01. The summed E-state index contributed by atoms with van der Waals surface area (Å²) in [6.45, 7) is 15.1. The maximum Gasteiger partial charge on any atom is 0.165 e. The Morgan fingerprint density at radius 3 is 2.32 bits per heavy atom. The van der Waals surface area contributed by atoms with Crippen LogP contribution in [-0.2, 0) is 25.9 Å². The molecule has 0 spiro atoms. The highest BCUT2D eigenvalue weighted by atomic mass is 16.5. The number of pyridine rings is 1. The van der Waals surface area contributed by atoms with Crippen LogP contribution in [-0.4, -0.2) is 16.7 Å². The van der Waals surface area contributed by atoms with Crippen molar-refractivity contribution in [1.82, 2.24) is 4.98 Å². The molecule has 0 unspecified atom stereocenters. The van der Waals surface area contributed by atoms with Gasteiger partial charge in [-0.1, -0.05) is 44.2 Å². The van der Waals surface area contributed by atoms with Gasteiger partial charge in [-0.2, -0.15) is 0 Å². The monoisotopic (exact) mass is 459 g/mol. The molecule has 3 aromatic rings. The first-order chi connectivity index (χ1) is 16.2. The summed E-state index contributed by atoms with van der Waals surface area (Å²) in [6.07, 6.45) is 2.85. The largest absolute Gasteiger partial charge is 0.490 e. The minimum atomic E-state index is -0.212. The highest BCUT2D eigenvalue weighted by molar-refractivity contribution is 5.70. The second-order valence-corrected chi connectivity index (χ2v) is 9.97. The van der Waals surface area contributed by atoms with Crippen molar-refractivity contribution < 1.29 is 14.2 Å². The summed E-state index contributed by atoms with van der Waals surface area (Å²) in [7, 11) is 0. The van der Waals surface area contributed by atoms with E-state index in [1.807, 2.05) is 19.1 Å². The quantitative estimate of drug-likeness (QED) is 0.355. The van der Waals surface area contributed by atoms with Crippen LogP contribution in [0.1, 0.15) is 69.5 Å². The number of para-hydroxylation sites is 1. The maximum absolute atomic E-state index is 6.32. The molecule has 0 saturated heterocycles. The number of benzene rings is 2. The number of ether oxygens (including phenoxy) is 3. The molecule has 34 heavy (non-hydrogen) atoms. The average molecular weight is 460 g/mol. The number of aryl methyl sites for hydroxylation is 3. The first-order valence-electron chi connectivity index (χ1n) is 12.4. The second kappa shape index (κ2) is 9.69. The Morgan fingerprint density at radius 2 is 1.68 bits per heavy atom. The molecule has 2 aromatic carbocycles. The molecule has 0 aliphatic carbocycles. The van der Waals surface area contributed by atoms with Crippen LogP contribution in [0.25, 0.3) is 11.3 Å². The molecule has 4 rings (SSSR count). The lowest BCUT2D eigenvalue weighted by atomic mass is 9.94. The molecular formula is C30H37NO3. The zero-order valence-electron chi connectivity index (χ0n) is 21.6. The van der Waals surface area contributed by atoms with E-state index in [-0.39, 0.29) is 11.7 Å². The van der Waals surface area contributed by atoms with Crippen molar-refractivity contribution in [3.8, 4) is 28.5 Å². The molecule has 1 aliphatic rings. The fourth-order valence-corrected chi connectivity index (χ4v) is 4.76. The molecule has 1 aliphatic heterocycles. The van der Waals surface area contributed by atoms with Crippen LogP contribution < -0.4 is 14.2 Å². The number of hydrogen-bond acceptors (Lipinski definition) is 4. The molecule has 4 nitrogen and oxygen atoms in total. The zero-order valence-corrected chi connectivity index (χ0v) is 21.6. The fourth-order valence-electron chi connectivity index (χ4n) is 4.76. The third-order valence-corrected chi connectivity index (χ3v) is 6.33. The normalized spacial score (nSPS) is 14.1. The van der Waals surface area contributed by atoms with Crippen LogP contribution in [0.4, 0.5) is 0 Å². The summed E-state index contributed by atoms with van der Waals surface area (Å²) in [4.78, 5) is 5.05. The number of hydrogen-bond donors (Lipinski definition) is 0. The van der Waals surface area contributed by atoms with Gasteiger partial charge in [-0.25, -0.2) is 0 Å². The van der Waals surface area contributed by atoms with Gasteiger partial charge < -0.3 is 14.2 Å². The number of aromatic nitrogens is 1. The van der Waals surface area contributed by atoms with E-state index in [1.165, 1.54) is 22.3 Å². The summed E-state index contributed by atoms with van der Waals surface area (Å²) in [5.41, 5.74) is 7.70. The van der Waals surface area contributed by atoms with Crippen molar-refractivity contribution in [2.45, 2.75) is 86.0 Å². The van der Waals surface area contributed by atoms with E-state index in [0.717, 1.165) is 53.5 Å². The highest BCUT2D eigenvalue weighted by Crippen LogP contribution is 2.42. The van der Waals surface area contributed by atoms with Crippen LogP contribution in [0, 0.1) is 6.92 Å². The predicted octanol–water partition coefficient (Wildman–Crippen LogP) is 7.26. The van der Waals surface area contributed by atoms with Gasteiger partial charge in [0.1, 0.15) is 18.0 Å². The topological polar surface area (TPSA) is 40.6 Å². The molecule has 0 atom stereocenters.